The first-order valence-corrected chi connectivity index (χ1v) is 10.5. The van der Waals surface area contributed by atoms with Gasteiger partial charge in [0.2, 0.25) is 11.4 Å². The molecule has 0 radical (unpaired) electrons. The number of aryl methyl sites for hydroxylation is 2. The predicted octanol–water partition coefficient (Wildman–Crippen LogP) is 2.14. The van der Waals surface area contributed by atoms with Gasteiger partial charge in [-0.3, -0.25) is 24.3 Å². The van der Waals surface area contributed by atoms with Crippen molar-refractivity contribution >= 4 is 28.7 Å². The molecule has 1 aromatic heterocycles. The Balaban J connectivity index is 1.89. The zero-order chi connectivity index (χ0) is 22.9. The number of amides is 2. The van der Waals surface area contributed by atoms with Crippen LogP contribution in [0, 0.1) is 6.92 Å². The molecular formula is C24H23N3O5. The Bertz CT molecular complexity index is 1280. The van der Waals surface area contributed by atoms with Crippen molar-refractivity contribution in [3.8, 4) is 0 Å². The van der Waals surface area contributed by atoms with E-state index in [2.05, 4.69) is 10.3 Å². The zero-order valence-corrected chi connectivity index (χ0v) is 17.9. The molecule has 1 fully saturated rings. The lowest BCUT2D eigenvalue weighted by Gasteiger charge is -2.35. The molecule has 8 nitrogen and oxygen atoms in total. The third-order valence-corrected chi connectivity index (χ3v) is 5.81. The zero-order valence-electron chi connectivity index (χ0n) is 17.9. The molecule has 4 rings (SSSR count). The van der Waals surface area contributed by atoms with E-state index in [1.54, 1.807) is 37.3 Å². The number of hydrogen-bond donors (Lipinski definition) is 1. The summed E-state index contributed by atoms with van der Waals surface area (Å²) in [4.78, 5) is 56.7. The largest absolute Gasteiger partial charge is 0.459 e. The Morgan fingerprint density at radius 1 is 1.12 bits per heavy atom. The van der Waals surface area contributed by atoms with Gasteiger partial charge in [0, 0.05) is 6.42 Å². The van der Waals surface area contributed by atoms with Gasteiger partial charge in [0.1, 0.15) is 12.4 Å². The SMILES string of the molecule is CCc1cccc2nc(C)n([C@@]3(C(=O)OCc4ccccc4)CCC(=O)NC3=O)c(=O)c12. The average molecular weight is 433 g/mol. The number of nitrogens with zero attached hydrogens (tertiary/aromatic N) is 2. The third kappa shape index (κ3) is 3.47. The van der Waals surface area contributed by atoms with Crippen molar-refractivity contribution in [1.29, 1.82) is 0 Å². The number of carbonyl (C=O) groups is 3. The van der Waals surface area contributed by atoms with Gasteiger partial charge in [-0.05, 0) is 37.0 Å². The van der Waals surface area contributed by atoms with Gasteiger partial charge >= 0.3 is 5.97 Å². The number of nitrogens with one attached hydrogen (secondary N) is 1. The summed E-state index contributed by atoms with van der Waals surface area (Å²) in [5.74, 6) is -2.09. The smallest absolute Gasteiger partial charge is 0.342 e. The summed E-state index contributed by atoms with van der Waals surface area (Å²) in [6.07, 6.45) is 0.284. The summed E-state index contributed by atoms with van der Waals surface area (Å²) < 4.78 is 6.61. The maximum atomic E-state index is 13.7. The molecule has 2 aromatic carbocycles. The molecule has 1 N–H and O–H groups in total. The fourth-order valence-corrected chi connectivity index (χ4v) is 4.20. The summed E-state index contributed by atoms with van der Waals surface area (Å²) in [5.41, 5.74) is -0.549. The van der Waals surface area contributed by atoms with Crippen LogP contribution in [0.1, 0.15) is 36.7 Å². The highest BCUT2D eigenvalue weighted by Gasteiger charge is 2.54. The van der Waals surface area contributed by atoms with Crippen LogP contribution in [0.3, 0.4) is 0 Å². The van der Waals surface area contributed by atoms with E-state index in [1.807, 2.05) is 25.1 Å². The van der Waals surface area contributed by atoms with Crippen molar-refractivity contribution in [2.75, 3.05) is 0 Å². The summed E-state index contributed by atoms with van der Waals surface area (Å²) in [7, 11) is 0. The van der Waals surface area contributed by atoms with E-state index in [4.69, 9.17) is 4.74 Å². The predicted molar refractivity (Wildman–Crippen MR) is 117 cm³/mol. The standard InChI is InChI=1S/C24H23N3O5/c1-3-17-10-7-11-18-20(17)21(29)27(15(2)25-18)24(13-12-19(28)26-22(24)30)23(31)32-14-16-8-5-4-6-9-16/h4-11H,3,12-14H2,1-2H3,(H,26,28,30)/t24-/m0/s1. The molecule has 2 heterocycles. The lowest BCUT2D eigenvalue weighted by molar-refractivity contribution is -0.164. The number of benzene rings is 2. The number of fused-ring (bicyclic) bond motifs is 1. The molecule has 1 aliphatic rings. The van der Waals surface area contributed by atoms with Crippen LogP contribution in [0.15, 0.2) is 53.3 Å². The monoisotopic (exact) mass is 433 g/mol. The molecule has 32 heavy (non-hydrogen) atoms. The van der Waals surface area contributed by atoms with Crippen LogP contribution in [-0.4, -0.2) is 27.3 Å². The van der Waals surface area contributed by atoms with Crippen molar-refractivity contribution < 1.29 is 19.1 Å². The average Bonchev–Trinajstić information content (AvgIpc) is 2.79. The highest BCUT2D eigenvalue weighted by molar-refractivity contribution is 6.13. The number of imide groups is 1. The fourth-order valence-electron chi connectivity index (χ4n) is 4.20. The molecule has 1 saturated heterocycles. The minimum Gasteiger partial charge on any atom is -0.459 e. The van der Waals surface area contributed by atoms with Crippen LogP contribution in [0.5, 0.6) is 0 Å². The molecule has 0 aliphatic carbocycles. The summed E-state index contributed by atoms with van der Waals surface area (Å²) in [5, 5.41) is 2.56. The lowest BCUT2D eigenvalue weighted by atomic mass is 9.87. The molecule has 3 aromatic rings. The first-order chi connectivity index (χ1) is 15.4. The summed E-state index contributed by atoms with van der Waals surface area (Å²) >= 11 is 0. The van der Waals surface area contributed by atoms with E-state index in [0.29, 0.717) is 17.3 Å². The fraction of sp³-hybridized carbons (Fsp3) is 0.292. The molecule has 164 valence electrons. The Labute approximate surface area is 184 Å². The topological polar surface area (TPSA) is 107 Å². The van der Waals surface area contributed by atoms with Gasteiger partial charge in [-0.25, -0.2) is 9.78 Å². The molecule has 0 spiro atoms. The maximum Gasteiger partial charge on any atom is 0.342 e. The number of ether oxygens (including phenoxy) is 1. The van der Waals surface area contributed by atoms with Crippen LogP contribution < -0.4 is 10.9 Å². The van der Waals surface area contributed by atoms with Crippen molar-refractivity contribution in [2.24, 2.45) is 0 Å². The molecule has 0 unspecified atom stereocenters. The van der Waals surface area contributed by atoms with Gasteiger partial charge in [-0.2, -0.15) is 0 Å². The van der Waals surface area contributed by atoms with Crippen molar-refractivity contribution in [2.45, 2.75) is 45.3 Å². The van der Waals surface area contributed by atoms with Crippen LogP contribution in [0.25, 0.3) is 10.9 Å². The van der Waals surface area contributed by atoms with E-state index in [0.717, 1.165) is 15.7 Å². The quantitative estimate of drug-likeness (QED) is 0.375. The Morgan fingerprint density at radius 3 is 2.56 bits per heavy atom. The van der Waals surface area contributed by atoms with Gasteiger partial charge in [0.15, 0.2) is 0 Å². The summed E-state index contributed by atoms with van der Waals surface area (Å²) in [6, 6.07) is 14.4. The molecule has 2 amide bonds. The van der Waals surface area contributed by atoms with Crippen molar-refractivity contribution in [3.63, 3.8) is 0 Å². The summed E-state index contributed by atoms with van der Waals surface area (Å²) in [6.45, 7) is 3.40. The van der Waals surface area contributed by atoms with Gasteiger partial charge in [0.05, 0.1) is 10.9 Å². The molecule has 1 aliphatic heterocycles. The normalized spacial score (nSPS) is 18.4. The number of aromatic nitrogens is 2. The second-order valence-corrected chi connectivity index (χ2v) is 7.76. The van der Waals surface area contributed by atoms with E-state index in [9.17, 15) is 19.2 Å². The molecule has 0 bridgehead atoms. The van der Waals surface area contributed by atoms with E-state index >= 15 is 0 Å². The first-order valence-electron chi connectivity index (χ1n) is 10.5. The van der Waals surface area contributed by atoms with E-state index < -0.39 is 28.9 Å². The number of rotatable bonds is 5. The van der Waals surface area contributed by atoms with Crippen LogP contribution in [0.4, 0.5) is 0 Å². The minimum absolute atomic E-state index is 0.0718. The van der Waals surface area contributed by atoms with Crippen molar-refractivity contribution in [3.05, 3.63) is 75.8 Å². The molecule has 8 heteroatoms. The van der Waals surface area contributed by atoms with Gasteiger partial charge in [-0.15, -0.1) is 0 Å². The number of piperidine rings is 1. The molecular weight excluding hydrogens is 410 g/mol. The van der Waals surface area contributed by atoms with Gasteiger partial charge in [-0.1, -0.05) is 49.4 Å². The van der Waals surface area contributed by atoms with Crippen molar-refractivity contribution in [1.82, 2.24) is 14.9 Å². The Hall–Kier alpha value is -3.81. The van der Waals surface area contributed by atoms with Gasteiger partial charge in [0.25, 0.3) is 11.5 Å². The van der Waals surface area contributed by atoms with Crippen LogP contribution in [0.2, 0.25) is 0 Å². The highest BCUT2D eigenvalue weighted by Crippen LogP contribution is 2.30. The number of carbonyl (C=O) groups excluding carboxylic acids is 3. The first kappa shape index (κ1) is 21.4. The minimum atomic E-state index is -2.02. The van der Waals surface area contributed by atoms with E-state index in [-0.39, 0.29) is 25.3 Å². The Morgan fingerprint density at radius 2 is 1.88 bits per heavy atom. The highest BCUT2D eigenvalue weighted by atomic mass is 16.5. The molecule has 1 atom stereocenters. The molecule has 0 saturated carbocycles. The maximum absolute atomic E-state index is 13.7. The van der Waals surface area contributed by atoms with Gasteiger partial charge < -0.3 is 4.74 Å². The number of hydrogen-bond acceptors (Lipinski definition) is 6. The second-order valence-electron chi connectivity index (χ2n) is 7.76. The Kier molecular flexibility index (Phi) is 5.61. The lowest BCUT2D eigenvalue weighted by Crippen LogP contribution is -2.62. The van der Waals surface area contributed by atoms with E-state index in [1.165, 1.54) is 0 Å². The third-order valence-electron chi connectivity index (χ3n) is 5.81. The second kappa shape index (κ2) is 8.37. The van der Waals surface area contributed by atoms with Crippen LogP contribution in [-0.2, 0) is 37.7 Å². The van der Waals surface area contributed by atoms with Crippen LogP contribution >= 0.6 is 0 Å². The number of esters is 1.